The van der Waals surface area contributed by atoms with Crippen molar-refractivity contribution in [2.75, 3.05) is 6.54 Å². The smallest absolute Gasteiger partial charge is 0.326 e. The van der Waals surface area contributed by atoms with E-state index < -0.39 is 30.8 Å². The summed E-state index contributed by atoms with van der Waals surface area (Å²) < 4.78 is 24.7. The van der Waals surface area contributed by atoms with Crippen molar-refractivity contribution < 1.29 is 28.3 Å². The number of aliphatic carboxylic acids is 1. The molecule has 0 radical (unpaired) electrons. The lowest BCUT2D eigenvalue weighted by molar-refractivity contribution is -0.140. The van der Waals surface area contributed by atoms with Gasteiger partial charge in [0.25, 0.3) is 11.8 Å². The number of hydrogen-bond donors (Lipinski definition) is 3. The van der Waals surface area contributed by atoms with Crippen LogP contribution >= 0.6 is 0 Å². The van der Waals surface area contributed by atoms with Crippen molar-refractivity contribution in [1.29, 1.82) is 0 Å². The van der Waals surface area contributed by atoms with Crippen LogP contribution in [0.4, 0.5) is 8.78 Å². The highest BCUT2D eigenvalue weighted by Gasteiger charge is 2.24. The molecule has 0 aliphatic carbocycles. The molecule has 6 nitrogen and oxygen atoms in total. The minimum atomic E-state index is -2.85. The topological polar surface area (TPSA) is 95.5 Å². The monoisotopic (exact) mass is 356 g/mol. The van der Waals surface area contributed by atoms with E-state index in [1.807, 2.05) is 26.1 Å². The molecule has 0 aliphatic rings. The van der Waals surface area contributed by atoms with Crippen molar-refractivity contribution >= 4 is 17.8 Å². The summed E-state index contributed by atoms with van der Waals surface area (Å²) in [7, 11) is 0. The van der Waals surface area contributed by atoms with Gasteiger partial charge in [0.2, 0.25) is 6.43 Å². The first-order valence-corrected chi connectivity index (χ1v) is 7.69. The summed E-state index contributed by atoms with van der Waals surface area (Å²) in [5.74, 6) is -2.63. The van der Waals surface area contributed by atoms with Crippen molar-refractivity contribution in [2.24, 2.45) is 5.41 Å². The highest BCUT2D eigenvalue weighted by Crippen LogP contribution is 2.12. The van der Waals surface area contributed by atoms with Gasteiger partial charge in [-0.3, -0.25) is 9.59 Å². The maximum atomic E-state index is 12.3. The van der Waals surface area contributed by atoms with Crippen LogP contribution in [0.2, 0.25) is 0 Å². The van der Waals surface area contributed by atoms with E-state index in [1.54, 1.807) is 0 Å². The predicted octanol–water partition coefficient (Wildman–Crippen LogP) is 2.30. The molecule has 8 heteroatoms. The summed E-state index contributed by atoms with van der Waals surface area (Å²) in [5, 5.41) is 13.7. The van der Waals surface area contributed by atoms with Crippen molar-refractivity contribution in [3.05, 3.63) is 35.4 Å². The zero-order valence-electron chi connectivity index (χ0n) is 14.3. The van der Waals surface area contributed by atoms with E-state index in [2.05, 4.69) is 5.32 Å². The third-order valence-electron chi connectivity index (χ3n) is 3.21. The van der Waals surface area contributed by atoms with Crippen LogP contribution in [-0.4, -0.2) is 41.9 Å². The van der Waals surface area contributed by atoms with Crippen LogP contribution in [0, 0.1) is 5.41 Å². The van der Waals surface area contributed by atoms with Gasteiger partial charge in [0.05, 0.1) is 0 Å². The molecule has 0 fully saturated rings. The summed E-state index contributed by atoms with van der Waals surface area (Å²) in [6.07, 6.45) is -3.83. The standard InChI is InChI=1S/C17H22F2N2O4/c1-17(2,3)9-20-14(22)10-4-6-11(7-5-10)15(23)21-12(16(24)25)8-13(18)19/h4-7,12-13H,8-9H2,1-3H3,(H,20,22)(H,21,23)(H,24,25). The number of hydrogen-bond acceptors (Lipinski definition) is 3. The second-order valence-corrected chi connectivity index (χ2v) is 6.81. The van der Waals surface area contributed by atoms with E-state index in [-0.39, 0.29) is 16.9 Å². The highest BCUT2D eigenvalue weighted by atomic mass is 19.3. The fraction of sp³-hybridized carbons (Fsp3) is 0.471. The third-order valence-corrected chi connectivity index (χ3v) is 3.21. The Bertz CT molecular complexity index is 625. The van der Waals surface area contributed by atoms with Crippen molar-refractivity contribution in [1.82, 2.24) is 10.6 Å². The van der Waals surface area contributed by atoms with Gasteiger partial charge in [-0.2, -0.15) is 0 Å². The number of carbonyl (C=O) groups is 3. The van der Waals surface area contributed by atoms with E-state index >= 15 is 0 Å². The first kappa shape index (κ1) is 20.5. The molecule has 2 amide bonds. The van der Waals surface area contributed by atoms with Gasteiger partial charge >= 0.3 is 5.97 Å². The predicted molar refractivity (Wildman–Crippen MR) is 87.7 cm³/mol. The van der Waals surface area contributed by atoms with Gasteiger partial charge in [-0.05, 0) is 29.7 Å². The Labute approximate surface area is 144 Å². The number of carboxylic acid groups (broad SMARTS) is 1. The molecule has 1 rings (SSSR count). The summed E-state index contributed by atoms with van der Waals surface area (Å²) in [6.45, 7) is 6.39. The maximum Gasteiger partial charge on any atom is 0.326 e. The number of amides is 2. The second kappa shape index (κ2) is 8.55. The highest BCUT2D eigenvalue weighted by molar-refractivity contribution is 5.99. The summed E-state index contributed by atoms with van der Waals surface area (Å²) in [6, 6.07) is 3.82. The minimum Gasteiger partial charge on any atom is -0.480 e. The Morgan fingerprint density at radius 2 is 1.52 bits per heavy atom. The second-order valence-electron chi connectivity index (χ2n) is 6.81. The Balaban J connectivity index is 2.73. The fourth-order valence-corrected chi connectivity index (χ4v) is 1.86. The molecule has 1 atom stereocenters. The van der Waals surface area contributed by atoms with Gasteiger partial charge in [-0.25, -0.2) is 13.6 Å². The van der Waals surface area contributed by atoms with Crippen LogP contribution < -0.4 is 10.6 Å². The maximum absolute atomic E-state index is 12.3. The molecule has 25 heavy (non-hydrogen) atoms. The molecular formula is C17H22F2N2O4. The summed E-state index contributed by atoms with van der Waals surface area (Å²) in [5.41, 5.74) is 0.336. The number of alkyl halides is 2. The van der Waals surface area contributed by atoms with Crippen molar-refractivity contribution in [3.63, 3.8) is 0 Å². The molecule has 0 bridgehead atoms. The van der Waals surface area contributed by atoms with Gasteiger partial charge in [-0.1, -0.05) is 20.8 Å². The zero-order valence-corrected chi connectivity index (χ0v) is 14.3. The van der Waals surface area contributed by atoms with Gasteiger partial charge in [0, 0.05) is 24.1 Å². The quantitative estimate of drug-likeness (QED) is 0.698. The zero-order chi connectivity index (χ0) is 19.2. The molecule has 0 saturated carbocycles. The molecule has 0 aromatic heterocycles. The molecule has 1 aromatic rings. The van der Waals surface area contributed by atoms with E-state index in [9.17, 15) is 23.2 Å². The molecular weight excluding hydrogens is 334 g/mol. The van der Waals surface area contributed by atoms with Crippen LogP contribution in [0.5, 0.6) is 0 Å². The molecule has 1 aromatic carbocycles. The lowest BCUT2D eigenvalue weighted by Crippen LogP contribution is -2.42. The molecule has 138 valence electrons. The van der Waals surface area contributed by atoms with Gasteiger partial charge < -0.3 is 15.7 Å². The van der Waals surface area contributed by atoms with Gasteiger partial charge in [0.1, 0.15) is 6.04 Å². The number of benzene rings is 1. The minimum absolute atomic E-state index is 0.0767. The number of halogens is 2. The first-order chi connectivity index (χ1) is 11.5. The molecule has 0 saturated heterocycles. The number of rotatable bonds is 7. The summed E-state index contributed by atoms with van der Waals surface area (Å²) >= 11 is 0. The van der Waals surface area contributed by atoms with Crippen LogP contribution in [0.3, 0.4) is 0 Å². The van der Waals surface area contributed by atoms with Gasteiger partial charge in [0.15, 0.2) is 0 Å². The van der Waals surface area contributed by atoms with Crippen molar-refractivity contribution in [3.8, 4) is 0 Å². The lowest BCUT2D eigenvalue weighted by atomic mass is 9.97. The third kappa shape index (κ3) is 7.28. The van der Waals surface area contributed by atoms with Crippen molar-refractivity contribution in [2.45, 2.75) is 39.7 Å². The molecule has 3 N–H and O–H groups in total. The molecule has 0 aliphatic heterocycles. The average Bonchev–Trinajstić information content (AvgIpc) is 2.50. The van der Waals surface area contributed by atoms with E-state index in [1.165, 1.54) is 24.3 Å². The number of carbonyl (C=O) groups excluding carboxylic acids is 2. The summed E-state index contributed by atoms with van der Waals surface area (Å²) in [4.78, 5) is 34.8. The van der Waals surface area contributed by atoms with Crippen LogP contribution in [0.1, 0.15) is 47.9 Å². The van der Waals surface area contributed by atoms with Crippen LogP contribution in [-0.2, 0) is 4.79 Å². The Kier molecular flexibility index (Phi) is 7.02. The van der Waals surface area contributed by atoms with Crippen LogP contribution in [0.15, 0.2) is 24.3 Å². The van der Waals surface area contributed by atoms with E-state index in [4.69, 9.17) is 5.11 Å². The largest absolute Gasteiger partial charge is 0.480 e. The van der Waals surface area contributed by atoms with Gasteiger partial charge in [-0.15, -0.1) is 0 Å². The number of carboxylic acids is 1. The molecule has 1 unspecified atom stereocenters. The Morgan fingerprint density at radius 1 is 1.04 bits per heavy atom. The Hall–Kier alpha value is -2.51. The van der Waals surface area contributed by atoms with Crippen LogP contribution in [0.25, 0.3) is 0 Å². The Morgan fingerprint density at radius 3 is 1.92 bits per heavy atom. The first-order valence-electron chi connectivity index (χ1n) is 7.69. The van der Waals surface area contributed by atoms with E-state index in [0.29, 0.717) is 12.1 Å². The average molecular weight is 356 g/mol. The normalized spacial score (nSPS) is 12.6. The molecule has 0 heterocycles. The number of nitrogens with one attached hydrogen (secondary N) is 2. The molecule has 0 spiro atoms. The lowest BCUT2D eigenvalue weighted by Gasteiger charge is -2.18. The fourth-order valence-electron chi connectivity index (χ4n) is 1.86. The van der Waals surface area contributed by atoms with E-state index in [0.717, 1.165) is 0 Å². The SMILES string of the molecule is CC(C)(C)CNC(=O)c1ccc(C(=O)NC(CC(F)F)C(=O)O)cc1.